The summed E-state index contributed by atoms with van der Waals surface area (Å²) in [6.45, 7) is 4.94. The summed E-state index contributed by atoms with van der Waals surface area (Å²) in [7, 11) is -2.30. The van der Waals surface area contributed by atoms with Crippen molar-refractivity contribution in [2.24, 2.45) is 0 Å². The molecule has 10 aromatic rings. The van der Waals surface area contributed by atoms with Crippen LogP contribution in [-0.2, 0) is 0 Å². The van der Waals surface area contributed by atoms with E-state index in [1.807, 2.05) is 6.07 Å². The lowest BCUT2D eigenvalue weighted by Crippen LogP contribution is -2.50. The van der Waals surface area contributed by atoms with E-state index in [0.717, 1.165) is 34.0 Å². The molecule has 0 saturated carbocycles. The number of hydrogen-bond acceptors (Lipinski definition) is 2. The van der Waals surface area contributed by atoms with Crippen LogP contribution in [-0.4, -0.2) is 27.2 Å². The number of aromatic nitrogens is 4. The molecule has 0 unspecified atom stereocenters. The van der Waals surface area contributed by atoms with Crippen molar-refractivity contribution in [3.05, 3.63) is 170 Å². The van der Waals surface area contributed by atoms with Gasteiger partial charge in [0.1, 0.15) is 8.07 Å². The van der Waals surface area contributed by atoms with Gasteiger partial charge in [0.2, 0.25) is 0 Å². The molecule has 0 aliphatic carbocycles. The minimum absolute atomic E-state index is 0.767. The lowest BCUT2D eigenvalue weighted by molar-refractivity contribution is 1.15. The summed E-state index contributed by atoms with van der Waals surface area (Å²) >= 11 is 0. The Hall–Kier alpha value is -6.56. The zero-order chi connectivity index (χ0) is 35.3. The highest BCUT2D eigenvalue weighted by Crippen LogP contribution is 2.42. The van der Waals surface area contributed by atoms with Crippen LogP contribution >= 0.6 is 0 Å². The number of para-hydroxylation sites is 3. The van der Waals surface area contributed by atoms with E-state index in [0.29, 0.717) is 0 Å². The maximum absolute atomic E-state index is 5.36. The van der Waals surface area contributed by atoms with Crippen LogP contribution in [0.4, 0.5) is 0 Å². The second-order valence-electron chi connectivity index (χ2n) is 14.6. The molecule has 1 aliphatic heterocycles. The number of benzene rings is 7. The molecule has 11 rings (SSSR count). The van der Waals surface area contributed by atoms with E-state index in [2.05, 4.69) is 186 Å². The second-order valence-corrected chi connectivity index (χ2v) is 18.9. The van der Waals surface area contributed by atoms with Gasteiger partial charge in [-0.15, -0.1) is 0 Å². The number of fused-ring (bicyclic) bond motifs is 10. The first-order valence-electron chi connectivity index (χ1n) is 18.3. The first kappa shape index (κ1) is 30.1. The molecule has 0 amide bonds. The summed E-state index contributed by atoms with van der Waals surface area (Å²) in [5, 5.41) is 7.70. The molecule has 0 spiro atoms. The Bertz CT molecular complexity index is 3070. The zero-order valence-corrected chi connectivity index (χ0v) is 30.5. The van der Waals surface area contributed by atoms with E-state index >= 15 is 0 Å². The summed E-state index contributed by atoms with van der Waals surface area (Å²) < 4.78 is 4.97. The molecular weight excluding hydrogens is 661 g/mol. The van der Waals surface area contributed by atoms with Gasteiger partial charge in [-0.05, 0) is 52.3 Å². The van der Waals surface area contributed by atoms with Gasteiger partial charge in [-0.2, -0.15) is 0 Å². The molecule has 0 bridgehead atoms. The smallest absolute Gasteiger partial charge is 0.160 e. The van der Waals surface area contributed by atoms with Gasteiger partial charge < -0.3 is 9.13 Å². The minimum atomic E-state index is -2.30. The Morgan fingerprint density at radius 1 is 0.434 bits per heavy atom. The number of nitrogens with zero attached hydrogens (tertiary/aromatic N) is 4. The molecular formula is C48H34N4Si. The standard InChI is InChI=1S/C48H34N4Si/c1-53(2)42-30-34(26-27-39(42)44-47(53)43(31-16-6-3-7-17-31)49-48(50-44)32-18-8-4-9-19-32)52-41-25-15-13-23-36(41)38-29-28-37-35-22-12-14-24-40(35)51(45(37)46(38)52)33-20-10-5-11-21-33/h3-30H,1-2H3. The van der Waals surface area contributed by atoms with Gasteiger partial charge in [0.25, 0.3) is 0 Å². The van der Waals surface area contributed by atoms with E-state index < -0.39 is 8.07 Å². The SMILES string of the molecule is C[Si]1(C)c2cc(-n3c4ccccc4c4ccc5c6ccccc6n(-c6ccccc6)c5c43)ccc2-c2nc(-c3ccccc3)nc(-c3ccccc3)c21. The van der Waals surface area contributed by atoms with Crippen LogP contribution in [0, 0.1) is 0 Å². The van der Waals surface area contributed by atoms with Crippen LogP contribution in [0.1, 0.15) is 0 Å². The quantitative estimate of drug-likeness (QED) is 0.172. The summed E-state index contributed by atoms with van der Waals surface area (Å²) in [6.07, 6.45) is 0. The molecule has 5 heteroatoms. The fraction of sp³-hybridized carbons (Fsp3) is 0.0417. The lowest BCUT2D eigenvalue weighted by atomic mass is 10.1. The predicted octanol–water partition coefficient (Wildman–Crippen LogP) is 10.8. The molecule has 1 aliphatic rings. The Morgan fingerprint density at radius 2 is 0.943 bits per heavy atom. The highest BCUT2D eigenvalue weighted by Gasteiger charge is 2.42. The first-order chi connectivity index (χ1) is 26.1. The highest BCUT2D eigenvalue weighted by molar-refractivity contribution is 7.04. The fourth-order valence-electron chi connectivity index (χ4n) is 8.91. The number of rotatable bonds is 4. The van der Waals surface area contributed by atoms with E-state index in [9.17, 15) is 0 Å². The third-order valence-corrected chi connectivity index (χ3v) is 14.8. The molecule has 250 valence electrons. The molecule has 7 aromatic carbocycles. The molecule has 0 fully saturated rings. The van der Waals surface area contributed by atoms with Gasteiger partial charge in [-0.25, -0.2) is 9.97 Å². The summed E-state index contributed by atoms with van der Waals surface area (Å²) in [5.41, 5.74) is 12.7. The Morgan fingerprint density at radius 3 is 1.57 bits per heavy atom. The van der Waals surface area contributed by atoms with Crippen LogP contribution in [0.2, 0.25) is 13.1 Å². The Labute approximate surface area is 308 Å². The molecule has 4 heterocycles. The normalized spacial score (nSPS) is 13.2. The van der Waals surface area contributed by atoms with E-state index in [1.54, 1.807) is 0 Å². The molecule has 0 N–H and O–H groups in total. The van der Waals surface area contributed by atoms with Crippen molar-refractivity contribution >= 4 is 62.1 Å². The van der Waals surface area contributed by atoms with E-state index in [4.69, 9.17) is 9.97 Å². The average molecular weight is 695 g/mol. The van der Waals surface area contributed by atoms with Crippen LogP contribution in [0.3, 0.4) is 0 Å². The molecule has 0 radical (unpaired) electrons. The monoisotopic (exact) mass is 694 g/mol. The van der Waals surface area contributed by atoms with Crippen LogP contribution in [0.5, 0.6) is 0 Å². The third-order valence-electron chi connectivity index (χ3n) is 11.3. The molecule has 53 heavy (non-hydrogen) atoms. The Balaban J connectivity index is 1.22. The molecule has 3 aromatic heterocycles. The summed E-state index contributed by atoms with van der Waals surface area (Å²) in [5.74, 6) is 0.767. The van der Waals surface area contributed by atoms with Gasteiger partial charge in [0.05, 0.1) is 33.5 Å². The van der Waals surface area contributed by atoms with E-state index in [1.165, 1.54) is 65.2 Å². The van der Waals surface area contributed by atoms with Crippen LogP contribution in [0.15, 0.2) is 170 Å². The van der Waals surface area contributed by atoms with Crippen molar-refractivity contribution in [1.29, 1.82) is 0 Å². The molecule has 0 atom stereocenters. The lowest BCUT2D eigenvalue weighted by Gasteiger charge is -2.22. The molecule has 4 nitrogen and oxygen atoms in total. The largest absolute Gasteiger partial charge is 0.307 e. The van der Waals surface area contributed by atoms with Gasteiger partial charge in [0.15, 0.2) is 5.82 Å². The topological polar surface area (TPSA) is 35.6 Å². The third kappa shape index (κ3) is 4.29. The second kappa shape index (κ2) is 11.2. The zero-order valence-electron chi connectivity index (χ0n) is 29.5. The van der Waals surface area contributed by atoms with Crippen molar-refractivity contribution in [2.45, 2.75) is 13.1 Å². The van der Waals surface area contributed by atoms with Gasteiger partial charge in [0, 0.05) is 44.0 Å². The van der Waals surface area contributed by atoms with Crippen molar-refractivity contribution in [3.8, 4) is 45.3 Å². The number of hydrogen-bond donors (Lipinski definition) is 0. The summed E-state index contributed by atoms with van der Waals surface area (Å²) in [6, 6.07) is 61.3. The van der Waals surface area contributed by atoms with Crippen LogP contribution < -0.4 is 10.4 Å². The first-order valence-corrected chi connectivity index (χ1v) is 21.3. The predicted molar refractivity (Wildman–Crippen MR) is 224 cm³/mol. The van der Waals surface area contributed by atoms with Gasteiger partial charge >= 0.3 is 0 Å². The summed E-state index contributed by atoms with van der Waals surface area (Å²) in [4.78, 5) is 10.7. The van der Waals surface area contributed by atoms with Crippen molar-refractivity contribution < 1.29 is 0 Å². The maximum Gasteiger partial charge on any atom is 0.160 e. The van der Waals surface area contributed by atoms with Crippen molar-refractivity contribution in [1.82, 2.24) is 19.1 Å². The van der Waals surface area contributed by atoms with E-state index in [-0.39, 0.29) is 0 Å². The van der Waals surface area contributed by atoms with Crippen molar-refractivity contribution in [3.63, 3.8) is 0 Å². The maximum atomic E-state index is 5.36. The highest BCUT2D eigenvalue weighted by atomic mass is 28.3. The Kier molecular flexibility index (Phi) is 6.37. The minimum Gasteiger partial charge on any atom is -0.307 e. The van der Waals surface area contributed by atoms with Gasteiger partial charge in [-0.3, -0.25) is 0 Å². The van der Waals surface area contributed by atoms with Crippen LogP contribution in [0.25, 0.3) is 88.9 Å². The fourth-order valence-corrected chi connectivity index (χ4v) is 12.1. The van der Waals surface area contributed by atoms with Crippen molar-refractivity contribution in [2.75, 3.05) is 0 Å². The van der Waals surface area contributed by atoms with Gasteiger partial charge in [-0.1, -0.05) is 147 Å². The average Bonchev–Trinajstić information content (AvgIpc) is 3.82. The molecule has 0 saturated heterocycles.